The molecule has 1 aliphatic rings. The van der Waals surface area contributed by atoms with Crippen LogP contribution in [0.5, 0.6) is 0 Å². The van der Waals surface area contributed by atoms with E-state index in [0.29, 0.717) is 37.9 Å². The summed E-state index contributed by atoms with van der Waals surface area (Å²) >= 11 is 0. The summed E-state index contributed by atoms with van der Waals surface area (Å²) in [6, 6.07) is 8.88. The Morgan fingerprint density at radius 3 is 2.26 bits per heavy atom. The average molecular weight is 476 g/mol. The smallest absolute Gasteiger partial charge is 0.407 e. The van der Waals surface area contributed by atoms with E-state index in [9.17, 15) is 22.8 Å². The second-order valence-corrected chi connectivity index (χ2v) is 7.90. The fourth-order valence-corrected chi connectivity index (χ4v) is 3.65. The predicted molar refractivity (Wildman–Crippen MR) is 121 cm³/mol. The SMILES string of the molecule is CCOC(=O)N[C@H]1CC[C@H](N/C(=N\C(=O)c2ccc(F)c(F)c2)NCc2ccccc2F)CC1. The van der Waals surface area contributed by atoms with Gasteiger partial charge in [0.25, 0.3) is 5.91 Å². The number of aliphatic imine (C=N–C) groups is 1. The van der Waals surface area contributed by atoms with Crippen molar-refractivity contribution in [2.45, 2.75) is 51.2 Å². The lowest BCUT2D eigenvalue weighted by atomic mass is 9.91. The van der Waals surface area contributed by atoms with Crippen molar-refractivity contribution in [1.82, 2.24) is 16.0 Å². The molecule has 0 saturated heterocycles. The summed E-state index contributed by atoms with van der Waals surface area (Å²) in [7, 11) is 0. The summed E-state index contributed by atoms with van der Waals surface area (Å²) in [6.07, 6.45) is 2.28. The molecular weight excluding hydrogens is 449 g/mol. The molecule has 3 N–H and O–H groups in total. The third-order valence-corrected chi connectivity index (χ3v) is 5.45. The molecule has 0 spiro atoms. The first-order chi connectivity index (χ1) is 16.4. The maximum atomic E-state index is 14.0. The Bertz CT molecular complexity index is 1040. The van der Waals surface area contributed by atoms with Crippen molar-refractivity contribution in [1.29, 1.82) is 0 Å². The molecule has 0 atom stereocenters. The molecule has 2 aromatic rings. The molecule has 0 bridgehead atoms. The van der Waals surface area contributed by atoms with Gasteiger partial charge in [0.05, 0.1) is 6.61 Å². The van der Waals surface area contributed by atoms with Crippen LogP contribution in [-0.2, 0) is 11.3 Å². The van der Waals surface area contributed by atoms with Crippen molar-refractivity contribution in [3.8, 4) is 0 Å². The van der Waals surface area contributed by atoms with Gasteiger partial charge in [0, 0.05) is 29.8 Å². The second kappa shape index (κ2) is 12.1. The Labute approximate surface area is 195 Å². The van der Waals surface area contributed by atoms with Crippen LogP contribution in [0.3, 0.4) is 0 Å². The molecule has 10 heteroatoms. The van der Waals surface area contributed by atoms with Crippen LogP contribution in [0.1, 0.15) is 48.5 Å². The molecule has 0 heterocycles. The highest BCUT2D eigenvalue weighted by Gasteiger charge is 2.24. The van der Waals surface area contributed by atoms with Crippen LogP contribution >= 0.6 is 0 Å². The van der Waals surface area contributed by atoms with Gasteiger partial charge in [-0.05, 0) is 56.9 Å². The number of benzene rings is 2. The van der Waals surface area contributed by atoms with Crippen molar-refractivity contribution >= 4 is 18.0 Å². The van der Waals surface area contributed by atoms with Gasteiger partial charge in [-0.2, -0.15) is 4.99 Å². The lowest BCUT2D eigenvalue weighted by molar-refractivity contribution is 0.100. The van der Waals surface area contributed by atoms with Crippen LogP contribution in [-0.4, -0.2) is 36.7 Å². The molecule has 7 nitrogen and oxygen atoms in total. The minimum absolute atomic E-state index is 0.0207. The minimum atomic E-state index is -1.15. The highest BCUT2D eigenvalue weighted by Crippen LogP contribution is 2.19. The number of carbonyl (C=O) groups is 2. The summed E-state index contributed by atoms with van der Waals surface area (Å²) in [5.41, 5.74) is 0.257. The van der Waals surface area contributed by atoms with E-state index in [4.69, 9.17) is 4.74 Å². The normalized spacial score (nSPS) is 18.2. The summed E-state index contributed by atoms with van der Waals surface area (Å²) in [6.45, 7) is 2.09. The zero-order chi connectivity index (χ0) is 24.5. The summed E-state index contributed by atoms with van der Waals surface area (Å²) in [4.78, 5) is 28.2. The molecule has 182 valence electrons. The molecule has 3 rings (SSSR count). The van der Waals surface area contributed by atoms with Gasteiger partial charge in [-0.1, -0.05) is 18.2 Å². The molecule has 0 aliphatic heterocycles. The van der Waals surface area contributed by atoms with E-state index in [0.717, 1.165) is 18.2 Å². The maximum Gasteiger partial charge on any atom is 0.407 e. The number of guanidine groups is 1. The standard InChI is InChI=1S/C24H27F3N4O3/c1-2-34-24(33)30-18-10-8-17(9-11-18)29-23(28-14-16-5-3-4-6-19(16)25)31-22(32)15-7-12-20(26)21(27)13-15/h3-7,12-13,17-18H,2,8-11,14H2,1H3,(H,30,33)(H2,28,29,31,32)/t17-,18-. The van der Waals surface area contributed by atoms with Crippen molar-refractivity contribution in [3.63, 3.8) is 0 Å². The Morgan fingerprint density at radius 1 is 0.941 bits per heavy atom. The number of halogens is 3. The van der Waals surface area contributed by atoms with Gasteiger partial charge in [0.1, 0.15) is 5.82 Å². The topological polar surface area (TPSA) is 91.8 Å². The number of rotatable bonds is 6. The van der Waals surface area contributed by atoms with Crippen molar-refractivity contribution in [2.75, 3.05) is 6.61 Å². The Hall–Kier alpha value is -3.56. The molecule has 34 heavy (non-hydrogen) atoms. The van der Waals surface area contributed by atoms with Gasteiger partial charge in [-0.25, -0.2) is 18.0 Å². The van der Waals surface area contributed by atoms with Crippen LogP contribution in [0.15, 0.2) is 47.5 Å². The summed E-state index contributed by atoms with van der Waals surface area (Å²) in [5.74, 6) is -3.31. The molecular formula is C24H27F3N4O3. The van der Waals surface area contributed by atoms with E-state index in [2.05, 4.69) is 20.9 Å². The Balaban J connectivity index is 1.68. The van der Waals surface area contributed by atoms with E-state index in [1.165, 1.54) is 6.07 Å². The van der Waals surface area contributed by atoms with Crippen molar-refractivity contribution in [3.05, 3.63) is 71.0 Å². The number of amides is 2. The van der Waals surface area contributed by atoms with E-state index < -0.39 is 29.5 Å². The number of ether oxygens (including phenoxy) is 1. The molecule has 2 amide bonds. The lowest BCUT2D eigenvalue weighted by Crippen LogP contribution is -2.47. The number of carbonyl (C=O) groups excluding carboxylic acids is 2. The largest absolute Gasteiger partial charge is 0.450 e. The van der Waals surface area contributed by atoms with Gasteiger partial charge in [0.15, 0.2) is 17.6 Å². The zero-order valence-electron chi connectivity index (χ0n) is 18.7. The number of alkyl carbamates (subject to hydrolysis) is 1. The van der Waals surface area contributed by atoms with Gasteiger partial charge < -0.3 is 20.7 Å². The van der Waals surface area contributed by atoms with Crippen LogP contribution in [0.2, 0.25) is 0 Å². The Kier molecular flexibility index (Phi) is 8.89. The summed E-state index contributed by atoms with van der Waals surface area (Å²) in [5, 5.41) is 8.90. The zero-order valence-corrected chi connectivity index (χ0v) is 18.7. The molecule has 1 saturated carbocycles. The first-order valence-electron chi connectivity index (χ1n) is 11.1. The highest BCUT2D eigenvalue weighted by molar-refractivity contribution is 6.02. The minimum Gasteiger partial charge on any atom is -0.450 e. The second-order valence-electron chi connectivity index (χ2n) is 7.90. The quantitative estimate of drug-likeness (QED) is 0.433. The average Bonchev–Trinajstić information content (AvgIpc) is 2.81. The molecule has 1 aliphatic carbocycles. The Morgan fingerprint density at radius 2 is 1.62 bits per heavy atom. The number of nitrogens with zero attached hydrogens (tertiary/aromatic N) is 1. The number of nitrogens with one attached hydrogen (secondary N) is 3. The first kappa shape index (κ1) is 25.1. The van der Waals surface area contributed by atoms with E-state index >= 15 is 0 Å². The van der Waals surface area contributed by atoms with E-state index in [-0.39, 0.29) is 30.2 Å². The molecule has 2 aromatic carbocycles. The molecule has 0 unspecified atom stereocenters. The van der Waals surface area contributed by atoms with Gasteiger partial charge in [-0.3, -0.25) is 4.79 Å². The number of hydrogen-bond donors (Lipinski definition) is 3. The number of hydrogen-bond acceptors (Lipinski definition) is 3. The first-order valence-corrected chi connectivity index (χ1v) is 11.1. The van der Waals surface area contributed by atoms with E-state index in [1.54, 1.807) is 25.1 Å². The highest BCUT2D eigenvalue weighted by atomic mass is 19.2. The van der Waals surface area contributed by atoms with Crippen LogP contribution in [0, 0.1) is 17.5 Å². The molecule has 0 radical (unpaired) electrons. The van der Waals surface area contributed by atoms with Crippen LogP contribution < -0.4 is 16.0 Å². The predicted octanol–water partition coefficient (Wildman–Crippen LogP) is 4.04. The van der Waals surface area contributed by atoms with Gasteiger partial charge >= 0.3 is 6.09 Å². The third-order valence-electron chi connectivity index (χ3n) is 5.45. The lowest BCUT2D eigenvalue weighted by Gasteiger charge is -2.30. The summed E-state index contributed by atoms with van der Waals surface area (Å²) < 4.78 is 45.7. The van der Waals surface area contributed by atoms with E-state index in [1.807, 2.05) is 0 Å². The molecule has 0 aromatic heterocycles. The van der Waals surface area contributed by atoms with Gasteiger partial charge in [0.2, 0.25) is 0 Å². The van der Waals surface area contributed by atoms with Crippen molar-refractivity contribution in [2.24, 2.45) is 4.99 Å². The fourth-order valence-electron chi connectivity index (χ4n) is 3.65. The van der Waals surface area contributed by atoms with Gasteiger partial charge in [-0.15, -0.1) is 0 Å². The fraction of sp³-hybridized carbons (Fsp3) is 0.375. The van der Waals surface area contributed by atoms with Crippen molar-refractivity contribution < 1.29 is 27.5 Å². The third kappa shape index (κ3) is 7.23. The monoisotopic (exact) mass is 476 g/mol. The van der Waals surface area contributed by atoms with Crippen LogP contribution in [0.4, 0.5) is 18.0 Å². The maximum absolute atomic E-state index is 14.0. The van der Waals surface area contributed by atoms with Crippen LogP contribution in [0.25, 0.3) is 0 Å². The molecule has 1 fully saturated rings.